The third kappa shape index (κ3) is 34.2. The average Bonchev–Trinajstić information content (AvgIpc) is 2.65. The van der Waals surface area contributed by atoms with Gasteiger partial charge in [-0.3, -0.25) is 0 Å². The molecule has 2 N–H and O–H groups in total. The number of quaternary nitrogens is 1. The van der Waals surface area contributed by atoms with Crippen LogP contribution in [0.2, 0.25) is 0 Å². The van der Waals surface area contributed by atoms with Gasteiger partial charge in [-0.25, -0.2) is 9.59 Å². The van der Waals surface area contributed by atoms with Gasteiger partial charge in [0.2, 0.25) is 0 Å². The van der Waals surface area contributed by atoms with E-state index in [2.05, 4.69) is 28.1 Å². The fraction of sp³-hybridized carbons (Fsp3) is 0.840. The van der Waals surface area contributed by atoms with Gasteiger partial charge in [0.05, 0.1) is 27.7 Å². The fourth-order valence-electron chi connectivity index (χ4n) is 3.28. The summed E-state index contributed by atoms with van der Waals surface area (Å²) in [5, 5.41) is 15.6. The van der Waals surface area contributed by atoms with Crippen LogP contribution < -0.4 is 0 Å². The molecular formula is C25H50NO4+. The van der Waals surface area contributed by atoms with Crippen LogP contribution in [0.25, 0.3) is 0 Å². The van der Waals surface area contributed by atoms with Crippen molar-refractivity contribution < 1.29 is 24.3 Å². The molecule has 0 aliphatic carbocycles. The minimum Gasteiger partial charge on any atom is -0.478 e. The lowest BCUT2D eigenvalue weighted by molar-refractivity contribution is -0.870. The molecule has 0 spiro atoms. The fourth-order valence-corrected chi connectivity index (χ4v) is 3.28. The van der Waals surface area contributed by atoms with E-state index in [1.54, 1.807) is 0 Å². The van der Waals surface area contributed by atoms with Crippen LogP contribution in [0.4, 0.5) is 0 Å². The second kappa shape index (κ2) is 22.3. The van der Waals surface area contributed by atoms with Gasteiger partial charge in [-0.05, 0) is 12.8 Å². The first-order chi connectivity index (χ1) is 14.2. The number of nitrogens with zero attached hydrogens (tertiary/aromatic N) is 1. The van der Waals surface area contributed by atoms with Crippen LogP contribution in [-0.4, -0.2) is 54.3 Å². The summed E-state index contributed by atoms with van der Waals surface area (Å²) in [6.45, 7) is 3.63. The molecule has 5 heteroatoms. The number of hydrogen-bond acceptors (Lipinski definition) is 2. The summed E-state index contributed by atoms with van der Waals surface area (Å²) in [6, 6.07) is 0. The highest BCUT2D eigenvalue weighted by Gasteiger charge is 2.04. The first kappa shape index (κ1) is 30.8. The Balaban J connectivity index is 0. The van der Waals surface area contributed by atoms with Crippen molar-refractivity contribution >= 4 is 11.9 Å². The van der Waals surface area contributed by atoms with Crippen molar-refractivity contribution in [2.75, 3.05) is 27.7 Å². The van der Waals surface area contributed by atoms with E-state index < -0.39 is 11.9 Å². The van der Waals surface area contributed by atoms with Crippen LogP contribution >= 0.6 is 0 Å². The molecule has 0 aromatic heterocycles. The van der Waals surface area contributed by atoms with Crippen molar-refractivity contribution in [3.63, 3.8) is 0 Å². The molecule has 0 aromatic carbocycles. The number of carboxylic acid groups (broad SMARTS) is 2. The summed E-state index contributed by atoms with van der Waals surface area (Å²) < 4.78 is 1.12. The van der Waals surface area contributed by atoms with Crippen molar-refractivity contribution in [1.29, 1.82) is 0 Å². The van der Waals surface area contributed by atoms with Crippen molar-refractivity contribution in [3.05, 3.63) is 12.2 Å². The van der Waals surface area contributed by atoms with E-state index in [-0.39, 0.29) is 0 Å². The highest BCUT2D eigenvalue weighted by atomic mass is 16.4. The lowest BCUT2D eigenvalue weighted by Crippen LogP contribution is -2.35. The SMILES string of the molecule is CCCCCCCCCCCCCCCCCC[N+](C)(C)C.O=C(O)/C=C\C(=O)O. The topological polar surface area (TPSA) is 74.6 Å². The molecule has 5 nitrogen and oxygen atoms in total. The van der Waals surface area contributed by atoms with E-state index in [4.69, 9.17) is 10.2 Å². The Morgan fingerprint density at radius 1 is 0.567 bits per heavy atom. The molecule has 0 heterocycles. The Bertz CT molecular complexity index is 411. The summed E-state index contributed by atoms with van der Waals surface area (Å²) in [5.41, 5.74) is 0. The maximum absolute atomic E-state index is 9.55. The number of rotatable bonds is 19. The van der Waals surface area contributed by atoms with Crippen molar-refractivity contribution in [2.45, 2.75) is 110 Å². The Morgan fingerprint density at radius 2 is 0.833 bits per heavy atom. The van der Waals surface area contributed by atoms with Gasteiger partial charge < -0.3 is 14.7 Å². The molecule has 0 fully saturated rings. The second-order valence-electron chi connectivity index (χ2n) is 9.33. The van der Waals surface area contributed by atoms with Crippen molar-refractivity contribution in [2.24, 2.45) is 0 Å². The highest BCUT2D eigenvalue weighted by Crippen LogP contribution is 2.13. The predicted octanol–water partition coefficient (Wildman–Crippen LogP) is 6.67. The molecule has 0 saturated carbocycles. The molecule has 0 aromatic rings. The van der Waals surface area contributed by atoms with Crippen LogP contribution in [0.5, 0.6) is 0 Å². The normalized spacial score (nSPS) is 11.3. The zero-order chi connectivity index (χ0) is 23.1. The molecule has 0 rings (SSSR count). The van der Waals surface area contributed by atoms with Crippen LogP contribution in [-0.2, 0) is 9.59 Å². The Hall–Kier alpha value is -1.36. The zero-order valence-electron chi connectivity index (χ0n) is 20.3. The predicted molar refractivity (Wildman–Crippen MR) is 127 cm³/mol. The largest absolute Gasteiger partial charge is 0.478 e. The first-order valence-corrected chi connectivity index (χ1v) is 12.1. The average molecular weight is 429 g/mol. The van der Waals surface area contributed by atoms with Gasteiger partial charge >= 0.3 is 11.9 Å². The van der Waals surface area contributed by atoms with Gasteiger partial charge in [0.15, 0.2) is 0 Å². The van der Waals surface area contributed by atoms with E-state index in [0.717, 1.165) is 4.48 Å². The molecule has 0 radical (unpaired) electrons. The van der Waals surface area contributed by atoms with Crippen molar-refractivity contribution in [1.82, 2.24) is 0 Å². The molecule has 0 atom stereocenters. The number of carboxylic acids is 2. The van der Waals surface area contributed by atoms with Gasteiger partial charge in [-0.2, -0.15) is 0 Å². The number of hydrogen-bond donors (Lipinski definition) is 2. The quantitative estimate of drug-likeness (QED) is 0.137. The summed E-state index contributed by atoms with van der Waals surface area (Å²) in [5.74, 6) is -2.51. The summed E-state index contributed by atoms with van der Waals surface area (Å²) in [6.07, 6.45) is 24.5. The van der Waals surface area contributed by atoms with Gasteiger partial charge in [0.1, 0.15) is 0 Å². The standard InChI is InChI=1S/C21H46N.C4H4O4/c1-5-6-7-8-9-10-11-12-13-14-15-16-17-18-19-20-21-22(2,3)4;5-3(6)1-2-4(7)8/h5-21H2,1-4H3;1-2H,(H,5,6)(H,7,8)/q+1;/b;2-1-. The molecule has 0 bridgehead atoms. The maximum atomic E-state index is 9.55. The van der Waals surface area contributed by atoms with E-state index in [1.807, 2.05) is 0 Å². The smallest absolute Gasteiger partial charge is 0.328 e. The third-order valence-corrected chi connectivity index (χ3v) is 5.05. The van der Waals surface area contributed by atoms with E-state index in [1.165, 1.54) is 109 Å². The lowest BCUT2D eigenvalue weighted by Gasteiger charge is -2.23. The van der Waals surface area contributed by atoms with E-state index >= 15 is 0 Å². The number of unbranched alkanes of at least 4 members (excludes halogenated alkanes) is 15. The minimum atomic E-state index is -1.26. The van der Waals surface area contributed by atoms with Crippen LogP contribution in [0.1, 0.15) is 110 Å². The molecule has 178 valence electrons. The molecular weight excluding hydrogens is 378 g/mol. The van der Waals surface area contributed by atoms with Crippen LogP contribution in [0.3, 0.4) is 0 Å². The van der Waals surface area contributed by atoms with Gasteiger partial charge in [-0.15, -0.1) is 0 Å². The lowest BCUT2D eigenvalue weighted by atomic mass is 10.0. The zero-order valence-corrected chi connectivity index (χ0v) is 20.3. The van der Waals surface area contributed by atoms with E-state index in [9.17, 15) is 9.59 Å². The monoisotopic (exact) mass is 428 g/mol. The van der Waals surface area contributed by atoms with Crippen molar-refractivity contribution in [3.8, 4) is 0 Å². The summed E-state index contributed by atoms with van der Waals surface area (Å²) >= 11 is 0. The Kier molecular flexibility index (Phi) is 22.9. The second-order valence-corrected chi connectivity index (χ2v) is 9.33. The first-order valence-electron chi connectivity index (χ1n) is 12.1. The van der Waals surface area contributed by atoms with Crippen LogP contribution in [0, 0.1) is 0 Å². The molecule has 0 unspecified atom stereocenters. The third-order valence-electron chi connectivity index (χ3n) is 5.05. The van der Waals surface area contributed by atoms with Gasteiger partial charge in [0, 0.05) is 12.2 Å². The molecule has 0 amide bonds. The Labute approximate surface area is 186 Å². The molecule has 0 aliphatic rings. The summed E-state index contributed by atoms with van der Waals surface area (Å²) in [4.78, 5) is 19.1. The molecule has 0 aliphatic heterocycles. The van der Waals surface area contributed by atoms with Gasteiger partial charge in [0.25, 0.3) is 0 Å². The maximum Gasteiger partial charge on any atom is 0.328 e. The van der Waals surface area contributed by atoms with Crippen LogP contribution in [0.15, 0.2) is 12.2 Å². The number of aliphatic carboxylic acids is 2. The van der Waals surface area contributed by atoms with Gasteiger partial charge in [-0.1, -0.05) is 96.8 Å². The molecule has 30 heavy (non-hydrogen) atoms. The number of carbonyl (C=O) groups is 2. The highest BCUT2D eigenvalue weighted by molar-refractivity contribution is 5.89. The molecule has 0 saturated heterocycles. The van der Waals surface area contributed by atoms with E-state index in [0.29, 0.717) is 12.2 Å². The Morgan fingerprint density at radius 3 is 1.07 bits per heavy atom. The minimum absolute atomic E-state index is 0.558. The summed E-state index contributed by atoms with van der Waals surface area (Å²) in [7, 11) is 6.89.